The highest BCUT2D eigenvalue weighted by Crippen LogP contribution is 2.22. The van der Waals surface area contributed by atoms with Gasteiger partial charge in [0.15, 0.2) is 5.82 Å². The number of morpholine rings is 2. The van der Waals surface area contributed by atoms with Gasteiger partial charge in [0.2, 0.25) is 11.9 Å². The van der Waals surface area contributed by atoms with Gasteiger partial charge in [-0.3, -0.25) is 0 Å². The molecule has 2 aliphatic rings. The molecule has 0 N–H and O–H groups in total. The second kappa shape index (κ2) is 7.11. The van der Waals surface area contributed by atoms with Crippen LogP contribution in [0.3, 0.4) is 0 Å². The summed E-state index contributed by atoms with van der Waals surface area (Å²) < 4.78 is 10.9. The third kappa shape index (κ3) is 3.32. The predicted molar refractivity (Wildman–Crippen MR) is 91.3 cm³/mol. The van der Waals surface area contributed by atoms with Crippen molar-refractivity contribution in [1.82, 2.24) is 15.0 Å². The van der Waals surface area contributed by atoms with E-state index in [0.717, 1.165) is 43.6 Å². The molecule has 2 aliphatic heterocycles. The first-order chi connectivity index (χ1) is 11.9. The average molecular weight is 327 g/mol. The molecule has 1 aromatic carbocycles. The molecule has 0 unspecified atom stereocenters. The van der Waals surface area contributed by atoms with Crippen molar-refractivity contribution in [2.45, 2.75) is 0 Å². The first-order valence-electron chi connectivity index (χ1n) is 8.37. The van der Waals surface area contributed by atoms with Crippen molar-refractivity contribution >= 4 is 11.9 Å². The Morgan fingerprint density at radius 3 is 1.67 bits per heavy atom. The second-order valence-electron chi connectivity index (χ2n) is 5.82. The molecular formula is C17H21N5O2. The van der Waals surface area contributed by atoms with Crippen LogP contribution in [-0.2, 0) is 9.47 Å². The van der Waals surface area contributed by atoms with Crippen LogP contribution in [-0.4, -0.2) is 67.6 Å². The largest absolute Gasteiger partial charge is 0.378 e. The SMILES string of the molecule is c1ccc(-c2nc(N3CCOCC3)nc(N3CCOCC3)n2)cc1. The fourth-order valence-electron chi connectivity index (χ4n) is 2.88. The van der Waals surface area contributed by atoms with Crippen LogP contribution < -0.4 is 9.80 Å². The maximum atomic E-state index is 5.44. The van der Waals surface area contributed by atoms with Gasteiger partial charge < -0.3 is 19.3 Å². The highest BCUT2D eigenvalue weighted by molar-refractivity contribution is 5.58. The van der Waals surface area contributed by atoms with Crippen LogP contribution in [0.1, 0.15) is 0 Å². The number of anilines is 2. The summed E-state index contributed by atoms with van der Waals surface area (Å²) in [5, 5.41) is 0. The number of aromatic nitrogens is 3. The van der Waals surface area contributed by atoms with Gasteiger partial charge in [0, 0.05) is 31.7 Å². The van der Waals surface area contributed by atoms with Crippen molar-refractivity contribution in [3.05, 3.63) is 30.3 Å². The molecular weight excluding hydrogens is 306 g/mol. The Kier molecular flexibility index (Phi) is 4.53. The molecule has 7 heteroatoms. The van der Waals surface area contributed by atoms with Gasteiger partial charge in [-0.15, -0.1) is 0 Å². The Balaban J connectivity index is 1.72. The summed E-state index contributed by atoms with van der Waals surface area (Å²) in [6.45, 7) is 6.06. The van der Waals surface area contributed by atoms with E-state index in [1.807, 2.05) is 30.3 Å². The Morgan fingerprint density at radius 2 is 1.17 bits per heavy atom. The van der Waals surface area contributed by atoms with Gasteiger partial charge in [-0.25, -0.2) is 0 Å². The molecule has 7 nitrogen and oxygen atoms in total. The summed E-state index contributed by atoms with van der Waals surface area (Å²) in [4.78, 5) is 18.5. The third-order valence-electron chi connectivity index (χ3n) is 4.23. The zero-order chi connectivity index (χ0) is 16.2. The molecule has 3 heterocycles. The van der Waals surface area contributed by atoms with E-state index in [4.69, 9.17) is 24.4 Å². The maximum Gasteiger partial charge on any atom is 0.230 e. The second-order valence-corrected chi connectivity index (χ2v) is 5.82. The van der Waals surface area contributed by atoms with Gasteiger partial charge in [-0.1, -0.05) is 30.3 Å². The topological polar surface area (TPSA) is 63.6 Å². The predicted octanol–water partition coefficient (Wildman–Crippen LogP) is 1.21. The number of hydrogen-bond donors (Lipinski definition) is 0. The summed E-state index contributed by atoms with van der Waals surface area (Å²) in [6.07, 6.45) is 0. The van der Waals surface area contributed by atoms with Crippen LogP contribution in [0.4, 0.5) is 11.9 Å². The first kappa shape index (κ1) is 15.3. The molecule has 2 fully saturated rings. The first-order valence-corrected chi connectivity index (χ1v) is 8.37. The molecule has 0 atom stereocenters. The molecule has 0 amide bonds. The fraction of sp³-hybridized carbons (Fsp3) is 0.471. The quantitative estimate of drug-likeness (QED) is 0.839. The van der Waals surface area contributed by atoms with E-state index in [0.29, 0.717) is 32.3 Å². The van der Waals surface area contributed by atoms with Crippen molar-refractivity contribution in [2.24, 2.45) is 0 Å². The zero-order valence-corrected chi connectivity index (χ0v) is 13.6. The average Bonchev–Trinajstić information content (AvgIpc) is 2.70. The van der Waals surface area contributed by atoms with E-state index in [-0.39, 0.29) is 0 Å². The molecule has 126 valence electrons. The minimum absolute atomic E-state index is 0.708. The lowest BCUT2D eigenvalue weighted by Crippen LogP contribution is -2.40. The highest BCUT2D eigenvalue weighted by Gasteiger charge is 2.20. The number of nitrogens with zero attached hydrogens (tertiary/aromatic N) is 5. The number of rotatable bonds is 3. The minimum atomic E-state index is 0.708. The Bertz CT molecular complexity index is 634. The monoisotopic (exact) mass is 327 g/mol. The van der Waals surface area contributed by atoms with Crippen LogP contribution in [0.5, 0.6) is 0 Å². The van der Waals surface area contributed by atoms with Crippen LogP contribution in [0.15, 0.2) is 30.3 Å². The molecule has 0 radical (unpaired) electrons. The smallest absolute Gasteiger partial charge is 0.230 e. The van der Waals surface area contributed by atoms with Gasteiger partial charge in [0.25, 0.3) is 0 Å². The molecule has 2 saturated heterocycles. The van der Waals surface area contributed by atoms with Gasteiger partial charge in [-0.2, -0.15) is 15.0 Å². The van der Waals surface area contributed by atoms with E-state index >= 15 is 0 Å². The van der Waals surface area contributed by atoms with Gasteiger partial charge in [-0.05, 0) is 0 Å². The molecule has 0 bridgehead atoms. The fourth-order valence-corrected chi connectivity index (χ4v) is 2.88. The van der Waals surface area contributed by atoms with Crippen molar-refractivity contribution < 1.29 is 9.47 Å². The Morgan fingerprint density at radius 1 is 0.667 bits per heavy atom. The molecule has 2 aromatic rings. The van der Waals surface area contributed by atoms with E-state index in [1.54, 1.807) is 0 Å². The van der Waals surface area contributed by atoms with Crippen LogP contribution in [0, 0.1) is 0 Å². The van der Waals surface area contributed by atoms with Gasteiger partial charge >= 0.3 is 0 Å². The Labute approximate surface area is 141 Å². The van der Waals surface area contributed by atoms with E-state index in [1.165, 1.54) is 0 Å². The highest BCUT2D eigenvalue weighted by atomic mass is 16.5. The molecule has 1 aromatic heterocycles. The summed E-state index contributed by atoms with van der Waals surface area (Å²) >= 11 is 0. The van der Waals surface area contributed by atoms with Gasteiger partial charge in [0.05, 0.1) is 26.4 Å². The Hall–Kier alpha value is -2.25. The summed E-state index contributed by atoms with van der Waals surface area (Å²) in [5.41, 5.74) is 1.00. The standard InChI is InChI=1S/C17H21N5O2/c1-2-4-14(5-3-1)15-18-16(21-6-10-23-11-7-21)20-17(19-15)22-8-12-24-13-9-22/h1-5H,6-13H2. The van der Waals surface area contributed by atoms with Crippen LogP contribution in [0.25, 0.3) is 11.4 Å². The van der Waals surface area contributed by atoms with Crippen molar-refractivity contribution in [3.63, 3.8) is 0 Å². The maximum absolute atomic E-state index is 5.44. The lowest BCUT2D eigenvalue weighted by atomic mass is 10.2. The summed E-state index contributed by atoms with van der Waals surface area (Å²) in [6, 6.07) is 10.1. The van der Waals surface area contributed by atoms with Crippen molar-refractivity contribution in [3.8, 4) is 11.4 Å². The molecule has 24 heavy (non-hydrogen) atoms. The molecule has 0 aliphatic carbocycles. The lowest BCUT2D eigenvalue weighted by molar-refractivity contribution is 0.121. The minimum Gasteiger partial charge on any atom is -0.378 e. The van der Waals surface area contributed by atoms with Crippen molar-refractivity contribution in [1.29, 1.82) is 0 Å². The normalized spacial score (nSPS) is 18.7. The number of ether oxygens (including phenoxy) is 2. The van der Waals surface area contributed by atoms with E-state index < -0.39 is 0 Å². The van der Waals surface area contributed by atoms with E-state index in [2.05, 4.69) is 9.80 Å². The third-order valence-corrected chi connectivity index (χ3v) is 4.23. The number of benzene rings is 1. The molecule has 4 rings (SSSR count). The van der Waals surface area contributed by atoms with Crippen LogP contribution in [0.2, 0.25) is 0 Å². The van der Waals surface area contributed by atoms with Crippen molar-refractivity contribution in [2.75, 3.05) is 62.4 Å². The molecule has 0 spiro atoms. The van der Waals surface area contributed by atoms with E-state index in [9.17, 15) is 0 Å². The molecule has 0 saturated carbocycles. The number of hydrogen-bond acceptors (Lipinski definition) is 7. The summed E-state index contributed by atoms with van der Waals surface area (Å²) in [7, 11) is 0. The van der Waals surface area contributed by atoms with Gasteiger partial charge in [0.1, 0.15) is 0 Å². The van der Waals surface area contributed by atoms with Crippen LogP contribution >= 0.6 is 0 Å². The summed E-state index contributed by atoms with van der Waals surface area (Å²) in [5.74, 6) is 2.18. The zero-order valence-electron chi connectivity index (χ0n) is 13.6. The lowest BCUT2D eigenvalue weighted by Gasteiger charge is -2.30.